The topological polar surface area (TPSA) is 54.8 Å². The minimum atomic E-state index is -0.0880. The molecule has 20 heavy (non-hydrogen) atoms. The van der Waals surface area contributed by atoms with Gasteiger partial charge in [0.25, 0.3) is 0 Å². The van der Waals surface area contributed by atoms with Gasteiger partial charge in [-0.15, -0.1) is 0 Å². The van der Waals surface area contributed by atoms with E-state index in [4.69, 9.17) is 0 Å². The van der Waals surface area contributed by atoms with E-state index in [9.17, 15) is 5.21 Å². The molecule has 0 amide bonds. The predicted octanol–water partition coefficient (Wildman–Crippen LogP) is 0.917. The summed E-state index contributed by atoms with van der Waals surface area (Å²) in [5.74, 6) is 0. The van der Waals surface area contributed by atoms with Gasteiger partial charge in [0, 0.05) is 12.1 Å². The quantitative estimate of drug-likeness (QED) is 0.708. The van der Waals surface area contributed by atoms with E-state index in [1.165, 1.54) is 12.8 Å². The van der Waals surface area contributed by atoms with Crippen LogP contribution in [0.4, 0.5) is 5.69 Å². The first kappa shape index (κ1) is 13.5. The molecule has 3 N–H and O–H groups in total. The molecule has 0 aromatic heterocycles. The van der Waals surface area contributed by atoms with Gasteiger partial charge in [0.15, 0.2) is 5.69 Å². The molecule has 5 nitrogen and oxygen atoms in total. The lowest BCUT2D eigenvalue weighted by atomic mass is 10.1. The molecule has 1 fully saturated rings. The Morgan fingerprint density at radius 1 is 1.05 bits per heavy atom. The zero-order valence-corrected chi connectivity index (χ0v) is 11.4. The van der Waals surface area contributed by atoms with Crippen LogP contribution in [-0.4, -0.2) is 24.7 Å². The van der Waals surface area contributed by atoms with Crippen LogP contribution in [0.1, 0.15) is 12.8 Å². The van der Waals surface area contributed by atoms with E-state index in [0.29, 0.717) is 12.4 Å². The monoisotopic (exact) mass is 272 g/mol. The van der Waals surface area contributed by atoms with Gasteiger partial charge in [0.2, 0.25) is 0 Å². The highest BCUT2D eigenvalue weighted by molar-refractivity contribution is 5.84. The first-order valence-corrected chi connectivity index (χ1v) is 7.07. The maximum Gasteiger partial charge on any atom is 0.152 e. The first-order chi connectivity index (χ1) is 9.83. The Kier molecular flexibility index (Phi) is 4.25. The molecular formula is C15H20N4O. The van der Waals surface area contributed by atoms with Crippen molar-refractivity contribution in [2.24, 2.45) is 0 Å². The van der Waals surface area contributed by atoms with E-state index in [1.54, 1.807) is 0 Å². The van der Waals surface area contributed by atoms with Crippen LogP contribution in [0.2, 0.25) is 0 Å². The molecule has 106 valence electrons. The summed E-state index contributed by atoms with van der Waals surface area (Å²) in [7, 11) is 0. The Bertz CT molecular complexity index is 569. The number of quaternary nitrogens is 1. The summed E-state index contributed by atoms with van der Waals surface area (Å²) in [4.78, 5) is 2.29. The largest absolute Gasteiger partial charge is 0.607 e. The van der Waals surface area contributed by atoms with Gasteiger partial charge >= 0.3 is 0 Å². The molecule has 2 aromatic rings. The number of likely N-dealkylation sites (tertiary alicyclic amines) is 1. The van der Waals surface area contributed by atoms with E-state index in [0.717, 1.165) is 23.9 Å². The zero-order valence-electron chi connectivity index (χ0n) is 11.4. The second-order valence-corrected chi connectivity index (χ2v) is 5.18. The summed E-state index contributed by atoms with van der Waals surface area (Å²) in [6.45, 7) is 2.93. The average Bonchev–Trinajstić information content (AvgIpc) is 3.00. The number of hydrazine groups is 1. The van der Waals surface area contributed by atoms with Crippen molar-refractivity contribution in [2.45, 2.75) is 12.8 Å². The smallest absolute Gasteiger partial charge is 0.152 e. The summed E-state index contributed by atoms with van der Waals surface area (Å²) >= 11 is 0. The Labute approximate surface area is 118 Å². The lowest BCUT2D eigenvalue weighted by Crippen LogP contribution is -3.11. The molecule has 2 aromatic carbocycles. The van der Waals surface area contributed by atoms with E-state index in [-0.39, 0.29) is 5.17 Å². The number of nitrogens with one attached hydrogen (secondary N) is 3. The molecule has 3 rings (SSSR count). The van der Waals surface area contributed by atoms with Gasteiger partial charge in [0.1, 0.15) is 0 Å². The summed E-state index contributed by atoms with van der Waals surface area (Å²) in [6, 6.07) is 13.8. The zero-order chi connectivity index (χ0) is 13.8. The highest BCUT2D eigenvalue weighted by atomic mass is 16.5. The number of hydrogen-bond acceptors (Lipinski definition) is 4. The molecule has 0 radical (unpaired) electrons. The van der Waals surface area contributed by atoms with Crippen LogP contribution >= 0.6 is 0 Å². The van der Waals surface area contributed by atoms with Crippen LogP contribution in [0.3, 0.4) is 0 Å². The van der Waals surface area contributed by atoms with Gasteiger partial charge < -0.3 is 5.21 Å². The molecular weight excluding hydrogens is 252 g/mol. The van der Waals surface area contributed by atoms with Gasteiger partial charge in [-0.25, -0.2) is 5.17 Å². The lowest BCUT2D eigenvalue weighted by molar-refractivity contribution is -0.835. The molecule has 1 saturated heterocycles. The van der Waals surface area contributed by atoms with Gasteiger partial charge in [-0.3, -0.25) is 4.90 Å². The number of hydrogen-bond donors (Lipinski definition) is 3. The molecule has 1 heterocycles. The number of benzene rings is 2. The van der Waals surface area contributed by atoms with Crippen molar-refractivity contribution in [3.05, 3.63) is 47.7 Å². The van der Waals surface area contributed by atoms with Crippen molar-refractivity contribution < 1.29 is 5.17 Å². The SMILES string of the molecule is [O-][NH+](NNCN1CCCC1)c1ccc2ccccc2c1. The van der Waals surface area contributed by atoms with Crippen molar-refractivity contribution in [3.8, 4) is 0 Å². The van der Waals surface area contributed by atoms with Gasteiger partial charge in [-0.2, -0.15) is 5.43 Å². The fourth-order valence-electron chi connectivity index (χ4n) is 2.58. The Balaban J connectivity index is 1.58. The predicted molar refractivity (Wildman–Crippen MR) is 79.9 cm³/mol. The van der Waals surface area contributed by atoms with Crippen molar-refractivity contribution in [1.29, 1.82) is 0 Å². The fraction of sp³-hybridized carbons (Fsp3) is 0.333. The molecule has 0 saturated carbocycles. The molecule has 1 aliphatic rings. The molecule has 0 bridgehead atoms. The van der Waals surface area contributed by atoms with Crippen LogP contribution in [0.25, 0.3) is 10.8 Å². The van der Waals surface area contributed by atoms with E-state index in [1.807, 2.05) is 42.5 Å². The highest BCUT2D eigenvalue weighted by Gasteiger charge is 2.11. The molecule has 0 aliphatic carbocycles. The Hall–Kier alpha value is -1.50. The average molecular weight is 272 g/mol. The molecule has 0 spiro atoms. The van der Waals surface area contributed by atoms with Crippen molar-refractivity contribution >= 4 is 16.5 Å². The third-order valence-electron chi connectivity index (χ3n) is 3.71. The summed E-state index contributed by atoms with van der Waals surface area (Å²) in [5, 5.41) is 14.2. The van der Waals surface area contributed by atoms with Gasteiger partial charge in [-0.05, 0) is 42.8 Å². The Morgan fingerprint density at radius 3 is 2.60 bits per heavy atom. The fourth-order valence-corrected chi connectivity index (χ4v) is 2.58. The maximum atomic E-state index is 12.1. The molecule has 1 unspecified atom stereocenters. The summed E-state index contributed by atoms with van der Waals surface area (Å²) in [6.07, 6.45) is 2.50. The third-order valence-corrected chi connectivity index (χ3v) is 3.71. The summed E-state index contributed by atoms with van der Waals surface area (Å²) in [5.41, 5.74) is 6.44. The normalized spacial score (nSPS) is 17.6. The van der Waals surface area contributed by atoms with Crippen molar-refractivity contribution in [2.75, 3.05) is 19.8 Å². The third kappa shape index (κ3) is 3.15. The van der Waals surface area contributed by atoms with Crippen LogP contribution in [0.15, 0.2) is 42.5 Å². The van der Waals surface area contributed by atoms with Gasteiger partial charge in [0.05, 0.1) is 6.67 Å². The van der Waals surface area contributed by atoms with E-state index in [2.05, 4.69) is 15.9 Å². The highest BCUT2D eigenvalue weighted by Crippen LogP contribution is 2.16. The minimum absolute atomic E-state index is 0.0880. The first-order valence-electron chi connectivity index (χ1n) is 7.07. The van der Waals surface area contributed by atoms with Crippen LogP contribution in [0.5, 0.6) is 0 Å². The number of fused-ring (bicyclic) bond motifs is 1. The standard InChI is InChI=1S/C15H20N4O/c20-19(17-16-12-18-9-3-4-10-18)15-8-7-13-5-1-2-6-14(13)11-15/h1-2,5-8,11,16-17,19H,3-4,9-10,12H2. The molecule has 5 heteroatoms. The van der Waals surface area contributed by atoms with Crippen molar-refractivity contribution in [3.63, 3.8) is 0 Å². The second-order valence-electron chi connectivity index (χ2n) is 5.18. The van der Waals surface area contributed by atoms with Crippen LogP contribution in [-0.2, 0) is 0 Å². The van der Waals surface area contributed by atoms with Gasteiger partial charge in [-0.1, -0.05) is 29.8 Å². The van der Waals surface area contributed by atoms with E-state index < -0.39 is 0 Å². The second kappa shape index (κ2) is 6.30. The molecule has 1 aliphatic heterocycles. The lowest BCUT2D eigenvalue weighted by Gasteiger charge is -2.24. The summed E-state index contributed by atoms with van der Waals surface area (Å²) < 4.78 is 0. The molecule has 1 atom stereocenters. The Morgan fingerprint density at radius 2 is 1.80 bits per heavy atom. The van der Waals surface area contributed by atoms with Crippen molar-refractivity contribution in [1.82, 2.24) is 15.9 Å². The maximum absolute atomic E-state index is 12.1. The van der Waals surface area contributed by atoms with Crippen LogP contribution < -0.4 is 16.1 Å². The van der Waals surface area contributed by atoms with E-state index >= 15 is 0 Å². The minimum Gasteiger partial charge on any atom is -0.607 e. The number of rotatable bonds is 5. The van der Waals surface area contributed by atoms with Crippen LogP contribution in [0, 0.1) is 5.21 Å². The number of nitrogens with zero attached hydrogens (tertiary/aromatic N) is 1.